The normalized spacial score (nSPS) is 11.7. The van der Waals surface area contributed by atoms with Crippen LogP contribution in [0.15, 0.2) is 66.7 Å². The fraction of sp³-hybridized carbons (Fsp3) is 0.125. The lowest BCUT2D eigenvalue weighted by molar-refractivity contribution is -0.675. The first-order chi connectivity index (χ1) is 14.9. The molecular weight excluding hydrogens is 410 g/mol. The van der Waals surface area contributed by atoms with Gasteiger partial charge in [-0.1, -0.05) is 24.3 Å². The first-order valence-electron chi connectivity index (χ1n) is 9.36. The molecule has 0 atom stereocenters. The molecule has 0 aliphatic carbocycles. The van der Waals surface area contributed by atoms with Crippen LogP contribution in [-0.2, 0) is 7.05 Å². The molecule has 3 rings (SSSR count). The Balaban J connectivity index is 1.71. The van der Waals surface area contributed by atoms with E-state index in [0.29, 0.717) is 0 Å². The second kappa shape index (κ2) is 10.4. The lowest BCUT2D eigenvalue weighted by atomic mass is 10.1. The van der Waals surface area contributed by atoms with Crippen molar-refractivity contribution in [1.82, 2.24) is 0 Å². The lowest BCUT2D eigenvalue weighted by Crippen LogP contribution is -2.35. The molecule has 7 heteroatoms. The molecule has 2 aromatic carbocycles. The van der Waals surface area contributed by atoms with Crippen molar-refractivity contribution < 1.29 is 31.6 Å². The fourth-order valence-corrected chi connectivity index (χ4v) is 2.84. The van der Waals surface area contributed by atoms with Crippen LogP contribution in [0.3, 0.4) is 0 Å². The second-order valence-electron chi connectivity index (χ2n) is 6.50. The van der Waals surface area contributed by atoms with Crippen LogP contribution in [0.1, 0.15) is 22.5 Å². The van der Waals surface area contributed by atoms with Gasteiger partial charge in [0.15, 0.2) is 0 Å². The van der Waals surface area contributed by atoms with Crippen molar-refractivity contribution in [3.05, 3.63) is 89.2 Å². The van der Waals surface area contributed by atoms with Gasteiger partial charge in [0.05, 0.1) is 0 Å². The van der Waals surface area contributed by atoms with Crippen LogP contribution in [0.5, 0.6) is 11.5 Å². The van der Waals surface area contributed by atoms with Gasteiger partial charge in [0.1, 0.15) is 18.5 Å². The summed E-state index contributed by atoms with van der Waals surface area (Å²) in [6.07, 6.45) is 7.57. The molecule has 0 saturated carbocycles. The van der Waals surface area contributed by atoms with E-state index in [9.17, 15) is 17.6 Å². The first-order valence-corrected chi connectivity index (χ1v) is 9.36. The van der Waals surface area contributed by atoms with E-state index in [0.717, 1.165) is 22.5 Å². The summed E-state index contributed by atoms with van der Waals surface area (Å²) in [7, 11) is 1.92. The van der Waals surface area contributed by atoms with Crippen molar-refractivity contribution in [3.8, 4) is 11.5 Å². The van der Waals surface area contributed by atoms with E-state index in [1.165, 1.54) is 24.3 Å². The van der Waals surface area contributed by atoms with Gasteiger partial charge in [-0.25, -0.2) is 0 Å². The topological polar surface area (TPSA) is 22.3 Å². The van der Waals surface area contributed by atoms with Crippen LogP contribution >= 0.6 is 0 Å². The maximum absolute atomic E-state index is 12.2. The summed E-state index contributed by atoms with van der Waals surface area (Å²) >= 11 is 0. The third-order valence-corrected chi connectivity index (χ3v) is 4.41. The molecule has 0 bridgehead atoms. The number of halogens is 4. The molecule has 1 heterocycles. The monoisotopic (exact) mass is 430 g/mol. The second-order valence-corrected chi connectivity index (χ2v) is 6.50. The summed E-state index contributed by atoms with van der Waals surface area (Å²) in [5.74, 6) is 0.220. The summed E-state index contributed by atoms with van der Waals surface area (Å²) in [4.78, 5) is 0. The summed E-state index contributed by atoms with van der Waals surface area (Å²) < 4.78 is 59.6. The molecule has 0 aliphatic rings. The Hall–Kier alpha value is -3.61. The molecule has 0 aliphatic heterocycles. The van der Waals surface area contributed by atoms with Gasteiger partial charge in [-0.15, -0.1) is 0 Å². The highest BCUT2D eigenvalue weighted by atomic mass is 19.3. The average Bonchev–Trinajstić information content (AvgIpc) is 2.73. The molecule has 0 radical (unpaired) electrons. The van der Waals surface area contributed by atoms with Crippen molar-refractivity contribution in [3.63, 3.8) is 0 Å². The summed E-state index contributed by atoms with van der Waals surface area (Å²) in [5.41, 5.74) is 3.54. The number of hydrogen-bond donors (Lipinski definition) is 0. The molecule has 0 N–H and O–H groups in total. The highest BCUT2D eigenvalue weighted by molar-refractivity contribution is 5.69. The number of alkyl halides is 4. The van der Waals surface area contributed by atoms with Gasteiger partial charge in [-0.2, -0.15) is 22.1 Å². The highest BCUT2D eigenvalue weighted by Crippen LogP contribution is 2.17. The van der Waals surface area contributed by atoms with Crippen LogP contribution in [0.25, 0.3) is 24.3 Å². The largest absolute Gasteiger partial charge is 0.435 e. The number of pyridine rings is 1. The van der Waals surface area contributed by atoms with Crippen molar-refractivity contribution in [2.24, 2.45) is 7.05 Å². The van der Waals surface area contributed by atoms with E-state index >= 15 is 0 Å². The minimum absolute atomic E-state index is 0.110. The van der Waals surface area contributed by atoms with Crippen LogP contribution in [0.4, 0.5) is 17.6 Å². The molecule has 0 spiro atoms. The Bertz CT molecular complexity index is 964. The predicted octanol–water partition coefficient (Wildman–Crippen LogP) is 6.05. The number of hydrogen-bond acceptors (Lipinski definition) is 2. The number of nitrogens with zero attached hydrogens (tertiary/aromatic N) is 1. The molecule has 1 aromatic heterocycles. The van der Waals surface area contributed by atoms with Crippen LogP contribution in [-0.4, -0.2) is 13.2 Å². The summed E-state index contributed by atoms with van der Waals surface area (Å²) in [5, 5.41) is 0. The SMILES string of the molecule is C[n+]1c(/C=C/c2ccc(OC(F)F)cc2)cccc1/C=C/c1ccc(OC(F)F)cc1. The fourth-order valence-electron chi connectivity index (χ4n) is 2.84. The predicted molar refractivity (Wildman–Crippen MR) is 112 cm³/mol. The van der Waals surface area contributed by atoms with Gasteiger partial charge >= 0.3 is 13.2 Å². The van der Waals surface area contributed by atoms with Gasteiger partial charge in [-0.3, -0.25) is 0 Å². The van der Waals surface area contributed by atoms with E-state index in [1.54, 1.807) is 24.3 Å². The molecule has 0 unspecified atom stereocenters. The van der Waals surface area contributed by atoms with Crippen LogP contribution in [0, 0.1) is 0 Å². The van der Waals surface area contributed by atoms with Crippen molar-refractivity contribution >= 4 is 24.3 Å². The van der Waals surface area contributed by atoms with E-state index in [-0.39, 0.29) is 11.5 Å². The van der Waals surface area contributed by atoms with E-state index in [4.69, 9.17) is 0 Å². The highest BCUT2D eigenvalue weighted by Gasteiger charge is 2.08. The maximum Gasteiger partial charge on any atom is 0.387 e. The molecule has 0 amide bonds. The Labute approximate surface area is 177 Å². The molecule has 3 aromatic rings. The maximum atomic E-state index is 12.2. The average molecular weight is 430 g/mol. The third-order valence-electron chi connectivity index (χ3n) is 4.41. The number of rotatable bonds is 8. The molecule has 160 valence electrons. The van der Waals surface area contributed by atoms with Gasteiger partial charge < -0.3 is 9.47 Å². The zero-order valence-corrected chi connectivity index (χ0v) is 16.6. The molecule has 3 nitrogen and oxygen atoms in total. The van der Waals surface area contributed by atoms with Gasteiger partial charge in [0.25, 0.3) is 0 Å². The zero-order valence-electron chi connectivity index (χ0n) is 16.6. The van der Waals surface area contributed by atoms with E-state index in [1.807, 2.05) is 54.1 Å². The van der Waals surface area contributed by atoms with Crippen LogP contribution < -0.4 is 14.0 Å². The Morgan fingerprint density at radius 3 is 1.35 bits per heavy atom. The van der Waals surface area contributed by atoms with Crippen LogP contribution in [0.2, 0.25) is 0 Å². The first kappa shape index (κ1) is 22.1. The Kier molecular flexibility index (Phi) is 7.43. The zero-order chi connectivity index (χ0) is 22.2. The minimum atomic E-state index is -2.85. The number of benzene rings is 2. The quantitative estimate of drug-likeness (QED) is 0.320. The van der Waals surface area contributed by atoms with Crippen molar-refractivity contribution in [1.29, 1.82) is 0 Å². The number of aromatic nitrogens is 1. The third kappa shape index (κ3) is 6.70. The summed E-state index contributed by atoms with van der Waals surface area (Å²) in [6, 6.07) is 18.5. The molecule has 31 heavy (non-hydrogen) atoms. The Morgan fingerprint density at radius 1 is 0.613 bits per heavy atom. The van der Waals surface area contributed by atoms with Gasteiger partial charge in [0, 0.05) is 24.3 Å². The lowest BCUT2D eigenvalue weighted by Gasteiger charge is -2.04. The smallest absolute Gasteiger partial charge is 0.387 e. The van der Waals surface area contributed by atoms with E-state index in [2.05, 4.69) is 9.47 Å². The summed E-state index contributed by atoms with van der Waals surface area (Å²) in [6.45, 7) is -5.69. The van der Waals surface area contributed by atoms with Gasteiger partial charge in [-0.05, 0) is 53.6 Å². The Morgan fingerprint density at radius 2 is 1.00 bits per heavy atom. The minimum Gasteiger partial charge on any atom is -0.435 e. The number of ether oxygens (including phenoxy) is 2. The van der Waals surface area contributed by atoms with Crippen molar-refractivity contribution in [2.75, 3.05) is 0 Å². The standard InChI is InChI=1S/C24H20F4NO2/c1-29-19(11-5-17-7-13-21(14-8-17)30-23(25)26)3-2-4-20(29)12-6-18-9-15-22(16-10-18)31-24(27)28/h2-16,23-24H,1H3/q+1/b11-5+,12-6+. The van der Waals surface area contributed by atoms with E-state index < -0.39 is 13.2 Å². The molecule has 0 saturated heterocycles. The molecule has 0 fully saturated rings. The van der Waals surface area contributed by atoms with Crippen molar-refractivity contribution in [2.45, 2.75) is 13.2 Å². The molecular formula is C24H20F4NO2+. The van der Waals surface area contributed by atoms with Gasteiger partial charge in [0.2, 0.25) is 11.4 Å².